The first-order valence-corrected chi connectivity index (χ1v) is 6.22. The molecule has 1 aliphatic heterocycles. The summed E-state index contributed by atoms with van der Waals surface area (Å²) < 4.78 is 4.67. The van der Waals surface area contributed by atoms with Gasteiger partial charge in [0.05, 0.1) is 6.61 Å². The van der Waals surface area contributed by atoms with Crippen molar-refractivity contribution in [1.82, 2.24) is 16.1 Å². The van der Waals surface area contributed by atoms with Gasteiger partial charge in [-0.2, -0.15) is 5.48 Å². The van der Waals surface area contributed by atoms with Crippen molar-refractivity contribution in [3.05, 3.63) is 0 Å². The van der Waals surface area contributed by atoms with Gasteiger partial charge in [0.1, 0.15) is 13.2 Å². The lowest BCUT2D eigenvalue weighted by molar-refractivity contribution is -0.144. The quantitative estimate of drug-likeness (QED) is 0.399. The molecular formula is C11H21N3O4. The molecule has 7 heteroatoms. The largest absolute Gasteiger partial charge is 0.465 e. The van der Waals surface area contributed by atoms with E-state index in [1.54, 1.807) is 6.92 Å². The molecule has 1 unspecified atom stereocenters. The Kier molecular flexibility index (Phi) is 7.31. The number of ether oxygens (including phenoxy) is 1. The molecule has 0 radical (unpaired) electrons. The van der Waals surface area contributed by atoms with Crippen molar-refractivity contribution in [3.63, 3.8) is 0 Å². The van der Waals surface area contributed by atoms with Gasteiger partial charge in [0.2, 0.25) is 5.91 Å². The van der Waals surface area contributed by atoms with Crippen molar-refractivity contribution in [2.45, 2.75) is 25.8 Å². The van der Waals surface area contributed by atoms with Gasteiger partial charge < -0.3 is 15.4 Å². The highest BCUT2D eigenvalue weighted by Crippen LogP contribution is 2.00. The summed E-state index contributed by atoms with van der Waals surface area (Å²) in [6.45, 7) is 3.64. The Labute approximate surface area is 107 Å². The summed E-state index contributed by atoms with van der Waals surface area (Å²) in [6, 6.07) is 0.233. The molecule has 1 atom stereocenters. The number of hydroxylamine groups is 1. The first kappa shape index (κ1) is 14.9. The van der Waals surface area contributed by atoms with Gasteiger partial charge in [-0.1, -0.05) is 0 Å². The zero-order valence-electron chi connectivity index (χ0n) is 10.7. The third kappa shape index (κ3) is 6.53. The Morgan fingerprint density at radius 1 is 1.44 bits per heavy atom. The maximum Gasteiger partial charge on any atom is 0.325 e. The number of hydrogen-bond acceptors (Lipinski definition) is 6. The van der Waals surface area contributed by atoms with E-state index in [0.29, 0.717) is 6.61 Å². The smallest absolute Gasteiger partial charge is 0.325 e. The van der Waals surface area contributed by atoms with Crippen LogP contribution in [0.3, 0.4) is 0 Å². The van der Waals surface area contributed by atoms with Crippen LogP contribution in [0.5, 0.6) is 0 Å². The number of carbonyl (C=O) groups is 2. The Morgan fingerprint density at radius 2 is 2.28 bits per heavy atom. The molecule has 0 aromatic carbocycles. The Morgan fingerprint density at radius 3 is 2.94 bits per heavy atom. The lowest BCUT2D eigenvalue weighted by atomic mass is 10.1. The van der Waals surface area contributed by atoms with E-state index in [1.165, 1.54) is 0 Å². The first-order valence-electron chi connectivity index (χ1n) is 6.22. The minimum Gasteiger partial charge on any atom is -0.465 e. The van der Waals surface area contributed by atoms with E-state index in [0.717, 1.165) is 25.9 Å². The summed E-state index contributed by atoms with van der Waals surface area (Å²) in [5.41, 5.74) is 2.83. The minimum absolute atomic E-state index is 0.115. The van der Waals surface area contributed by atoms with E-state index >= 15 is 0 Å². The second kappa shape index (κ2) is 8.84. The van der Waals surface area contributed by atoms with Crippen LogP contribution >= 0.6 is 0 Å². The monoisotopic (exact) mass is 259 g/mol. The van der Waals surface area contributed by atoms with Crippen LogP contribution in [-0.4, -0.2) is 50.8 Å². The lowest BCUT2D eigenvalue weighted by Crippen LogP contribution is -2.44. The number of piperidine rings is 1. The molecule has 104 valence electrons. The molecule has 1 amide bonds. The first-order chi connectivity index (χ1) is 8.72. The average Bonchev–Trinajstić information content (AvgIpc) is 2.38. The number of esters is 1. The van der Waals surface area contributed by atoms with Crippen molar-refractivity contribution in [2.75, 3.05) is 32.8 Å². The second-order valence-corrected chi connectivity index (χ2v) is 4.03. The third-order valence-electron chi connectivity index (χ3n) is 2.49. The number of nitrogens with one attached hydrogen (secondary N) is 3. The van der Waals surface area contributed by atoms with Gasteiger partial charge in [-0.25, -0.2) is 0 Å². The zero-order valence-corrected chi connectivity index (χ0v) is 10.7. The molecule has 1 heterocycles. The van der Waals surface area contributed by atoms with Crippen molar-refractivity contribution in [3.8, 4) is 0 Å². The van der Waals surface area contributed by atoms with Gasteiger partial charge in [0.25, 0.3) is 0 Å². The second-order valence-electron chi connectivity index (χ2n) is 4.03. The fourth-order valence-electron chi connectivity index (χ4n) is 1.61. The van der Waals surface area contributed by atoms with E-state index < -0.39 is 5.97 Å². The maximum atomic E-state index is 11.3. The standard InChI is InChI=1S/C11H21N3O4/c1-2-17-11(16)7-13-10(15)8-18-14-9-4-3-5-12-6-9/h9,12,14H,2-8H2,1H3,(H,13,15). The normalized spacial score (nSPS) is 19.3. The fraction of sp³-hybridized carbons (Fsp3) is 0.818. The summed E-state index contributed by atoms with van der Waals surface area (Å²) in [7, 11) is 0. The van der Waals surface area contributed by atoms with Crippen LogP contribution in [0.25, 0.3) is 0 Å². The van der Waals surface area contributed by atoms with E-state index in [2.05, 4.69) is 20.9 Å². The lowest BCUT2D eigenvalue weighted by Gasteiger charge is -2.23. The highest BCUT2D eigenvalue weighted by Gasteiger charge is 2.13. The summed E-state index contributed by atoms with van der Waals surface area (Å²) in [4.78, 5) is 27.3. The number of amides is 1. The zero-order chi connectivity index (χ0) is 13.2. The number of hydrogen-bond donors (Lipinski definition) is 3. The molecule has 0 bridgehead atoms. The summed E-state index contributed by atoms with van der Waals surface area (Å²) in [6.07, 6.45) is 2.12. The van der Waals surface area contributed by atoms with E-state index in [9.17, 15) is 9.59 Å². The fourth-order valence-corrected chi connectivity index (χ4v) is 1.61. The van der Waals surface area contributed by atoms with Gasteiger partial charge in [0, 0.05) is 12.6 Å². The molecule has 1 fully saturated rings. The third-order valence-corrected chi connectivity index (χ3v) is 2.49. The number of rotatable bonds is 7. The SMILES string of the molecule is CCOC(=O)CNC(=O)CONC1CCCNC1. The van der Waals surface area contributed by atoms with Gasteiger partial charge in [-0.05, 0) is 26.3 Å². The molecule has 0 aliphatic carbocycles. The summed E-state index contributed by atoms with van der Waals surface area (Å²) in [5, 5.41) is 5.63. The molecular weight excluding hydrogens is 238 g/mol. The van der Waals surface area contributed by atoms with Crippen LogP contribution in [0.2, 0.25) is 0 Å². The van der Waals surface area contributed by atoms with Crippen LogP contribution in [0, 0.1) is 0 Å². The van der Waals surface area contributed by atoms with Crippen LogP contribution in [0.15, 0.2) is 0 Å². The topological polar surface area (TPSA) is 88.7 Å². The molecule has 1 rings (SSSR count). The summed E-state index contributed by atoms with van der Waals surface area (Å²) >= 11 is 0. The van der Waals surface area contributed by atoms with E-state index in [4.69, 9.17) is 4.84 Å². The molecule has 0 aromatic rings. The van der Waals surface area contributed by atoms with Gasteiger partial charge >= 0.3 is 5.97 Å². The highest BCUT2D eigenvalue weighted by molar-refractivity contribution is 5.82. The molecule has 1 saturated heterocycles. The van der Waals surface area contributed by atoms with Crippen LogP contribution in [0.4, 0.5) is 0 Å². The van der Waals surface area contributed by atoms with Crippen LogP contribution < -0.4 is 16.1 Å². The Balaban J connectivity index is 2.00. The van der Waals surface area contributed by atoms with Gasteiger partial charge in [0.15, 0.2) is 0 Å². The molecule has 1 aliphatic rings. The average molecular weight is 259 g/mol. The number of carbonyl (C=O) groups excluding carboxylic acids is 2. The van der Waals surface area contributed by atoms with Crippen molar-refractivity contribution in [1.29, 1.82) is 0 Å². The summed E-state index contributed by atoms with van der Waals surface area (Å²) in [5.74, 6) is -0.797. The molecule has 0 aromatic heterocycles. The van der Waals surface area contributed by atoms with Crippen molar-refractivity contribution in [2.24, 2.45) is 0 Å². The Hall–Kier alpha value is -1.18. The van der Waals surface area contributed by atoms with Gasteiger partial charge in [-0.15, -0.1) is 0 Å². The predicted octanol–water partition coefficient (Wildman–Crippen LogP) is -1.06. The maximum absolute atomic E-state index is 11.3. The minimum atomic E-state index is -0.449. The van der Waals surface area contributed by atoms with Crippen LogP contribution in [0.1, 0.15) is 19.8 Å². The van der Waals surface area contributed by atoms with Crippen molar-refractivity contribution >= 4 is 11.9 Å². The highest BCUT2D eigenvalue weighted by atomic mass is 16.6. The Bertz CT molecular complexity index is 267. The molecule has 18 heavy (non-hydrogen) atoms. The molecule has 7 nitrogen and oxygen atoms in total. The van der Waals surface area contributed by atoms with Gasteiger partial charge in [-0.3, -0.25) is 14.4 Å². The van der Waals surface area contributed by atoms with Crippen molar-refractivity contribution < 1.29 is 19.2 Å². The molecule has 3 N–H and O–H groups in total. The predicted molar refractivity (Wildman–Crippen MR) is 64.6 cm³/mol. The van der Waals surface area contributed by atoms with Crippen LogP contribution in [-0.2, 0) is 19.2 Å². The molecule has 0 saturated carbocycles. The van der Waals surface area contributed by atoms with E-state index in [-0.39, 0.29) is 25.1 Å². The van der Waals surface area contributed by atoms with E-state index in [1.807, 2.05) is 0 Å². The molecule has 0 spiro atoms.